The van der Waals surface area contributed by atoms with Crippen LogP contribution in [0.3, 0.4) is 0 Å². The quantitative estimate of drug-likeness (QED) is 0.447. The Morgan fingerprint density at radius 2 is 1.78 bits per heavy atom. The highest BCUT2D eigenvalue weighted by Crippen LogP contribution is 2.21. The molecule has 0 aromatic heterocycles. The Kier molecular flexibility index (Phi) is 7.45. The zero-order chi connectivity index (χ0) is 19.7. The summed E-state index contributed by atoms with van der Waals surface area (Å²) in [6.45, 7) is 1.79. The van der Waals surface area contributed by atoms with E-state index in [1.807, 2.05) is 13.0 Å². The van der Waals surface area contributed by atoms with Gasteiger partial charge >= 0.3 is 5.97 Å². The standard InChI is InChI=1S/C20H25NO6/c1-2-12-20(19(24)25,27-18-6-4-3-5-7-18)21-13-16(23)14-26-17-10-8-15(22)9-11-17/h3-11,16,21-23H,2,12-14H2,1H3,(H,24,25). The topological polar surface area (TPSA) is 108 Å². The molecular weight excluding hydrogens is 350 g/mol. The van der Waals surface area contributed by atoms with E-state index in [1.165, 1.54) is 12.1 Å². The average Bonchev–Trinajstić information content (AvgIpc) is 2.66. The first-order valence-corrected chi connectivity index (χ1v) is 8.77. The van der Waals surface area contributed by atoms with E-state index in [2.05, 4.69) is 5.32 Å². The highest BCUT2D eigenvalue weighted by atomic mass is 16.5. The highest BCUT2D eigenvalue weighted by Gasteiger charge is 2.40. The molecule has 0 radical (unpaired) electrons. The Morgan fingerprint density at radius 1 is 1.11 bits per heavy atom. The monoisotopic (exact) mass is 375 g/mol. The normalized spacial score (nSPS) is 14.1. The molecule has 0 aliphatic rings. The predicted molar refractivity (Wildman–Crippen MR) is 100.0 cm³/mol. The first-order valence-electron chi connectivity index (χ1n) is 8.77. The molecule has 0 bridgehead atoms. The Hall–Kier alpha value is -2.77. The zero-order valence-electron chi connectivity index (χ0n) is 15.2. The Balaban J connectivity index is 1.97. The minimum atomic E-state index is -1.64. The summed E-state index contributed by atoms with van der Waals surface area (Å²) >= 11 is 0. The maximum atomic E-state index is 11.9. The summed E-state index contributed by atoms with van der Waals surface area (Å²) in [5.41, 5.74) is -1.64. The van der Waals surface area contributed by atoms with Crippen molar-refractivity contribution in [2.75, 3.05) is 13.2 Å². The van der Waals surface area contributed by atoms with E-state index in [0.717, 1.165) is 0 Å². The van der Waals surface area contributed by atoms with Crippen LogP contribution in [-0.4, -0.2) is 46.3 Å². The first kappa shape index (κ1) is 20.5. The Labute approximate surface area is 158 Å². The van der Waals surface area contributed by atoms with Crippen LogP contribution in [0.2, 0.25) is 0 Å². The maximum absolute atomic E-state index is 11.9. The molecule has 0 amide bonds. The molecule has 0 heterocycles. The van der Waals surface area contributed by atoms with Gasteiger partial charge in [-0.3, -0.25) is 5.32 Å². The molecule has 0 saturated carbocycles. The van der Waals surface area contributed by atoms with Gasteiger partial charge in [0.2, 0.25) is 0 Å². The van der Waals surface area contributed by atoms with E-state index >= 15 is 0 Å². The van der Waals surface area contributed by atoms with Crippen molar-refractivity contribution in [1.29, 1.82) is 0 Å². The number of rotatable bonds is 11. The molecule has 7 nitrogen and oxygen atoms in total. The number of ether oxygens (including phenoxy) is 2. The molecule has 27 heavy (non-hydrogen) atoms. The lowest BCUT2D eigenvalue weighted by atomic mass is 10.1. The van der Waals surface area contributed by atoms with Crippen LogP contribution < -0.4 is 14.8 Å². The van der Waals surface area contributed by atoms with Gasteiger partial charge in [-0.05, 0) is 36.4 Å². The second kappa shape index (κ2) is 9.80. The van der Waals surface area contributed by atoms with Crippen molar-refractivity contribution in [3.63, 3.8) is 0 Å². The van der Waals surface area contributed by atoms with Crippen LogP contribution in [0.15, 0.2) is 54.6 Å². The molecule has 4 N–H and O–H groups in total. The van der Waals surface area contributed by atoms with Crippen molar-refractivity contribution in [2.45, 2.75) is 31.6 Å². The number of phenolic OH excluding ortho intramolecular Hbond substituents is 1. The molecule has 2 atom stereocenters. The molecule has 0 aliphatic heterocycles. The number of hydrogen-bond acceptors (Lipinski definition) is 6. The van der Waals surface area contributed by atoms with Gasteiger partial charge in [-0.2, -0.15) is 0 Å². The molecule has 2 unspecified atom stereocenters. The summed E-state index contributed by atoms with van der Waals surface area (Å²) in [6.07, 6.45) is -0.150. The fourth-order valence-electron chi connectivity index (χ4n) is 2.52. The smallest absolute Gasteiger partial charge is 0.363 e. The summed E-state index contributed by atoms with van der Waals surface area (Å²) < 4.78 is 11.2. The second-order valence-electron chi connectivity index (χ2n) is 6.14. The minimum Gasteiger partial charge on any atom is -0.508 e. The molecule has 2 aromatic rings. The predicted octanol–water partition coefficient (Wildman–Crippen LogP) is 2.38. The molecule has 146 valence electrons. The van der Waals surface area contributed by atoms with Gasteiger partial charge in [-0.25, -0.2) is 4.79 Å². The number of para-hydroxylation sites is 1. The van der Waals surface area contributed by atoms with E-state index < -0.39 is 17.8 Å². The van der Waals surface area contributed by atoms with Gasteiger partial charge in [0.25, 0.3) is 5.72 Å². The summed E-state index contributed by atoms with van der Waals surface area (Å²) in [6, 6.07) is 14.8. The summed E-state index contributed by atoms with van der Waals surface area (Å²) in [5.74, 6) is -0.116. The van der Waals surface area contributed by atoms with Gasteiger partial charge in [0.1, 0.15) is 30.0 Å². The van der Waals surface area contributed by atoms with Crippen LogP contribution in [0.25, 0.3) is 0 Å². The maximum Gasteiger partial charge on any atom is 0.363 e. The number of aliphatic carboxylic acids is 1. The van der Waals surface area contributed by atoms with Crippen LogP contribution >= 0.6 is 0 Å². The number of hydrogen-bond donors (Lipinski definition) is 4. The second-order valence-corrected chi connectivity index (χ2v) is 6.14. The van der Waals surface area contributed by atoms with Crippen molar-refractivity contribution in [1.82, 2.24) is 5.32 Å². The molecule has 0 spiro atoms. The molecule has 2 rings (SSSR count). The molecule has 7 heteroatoms. The number of nitrogens with one attached hydrogen (secondary N) is 1. The van der Waals surface area contributed by atoms with Crippen molar-refractivity contribution in [3.05, 3.63) is 54.6 Å². The number of carboxylic acids is 1. The van der Waals surface area contributed by atoms with Crippen LogP contribution in [0.5, 0.6) is 17.2 Å². The fourth-order valence-corrected chi connectivity index (χ4v) is 2.52. The third-order valence-electron chi connectivity index (χ3n) is 3.89. The van der Waals surface area contributed by atoms with Gasteiger partial charge in [0, 0.05) is 13.0 Å². The van der Waals surface area contributed by atoms with Crippen molar-refractivity contribution >= 4 is 5.97 Å². The third-order valence-corrected chi connectivity index (χ3v) is 3.89. The fraction of sp³-hybridized carbons (Fsp3) is 0.350. The van der Waals surface area contributed by atoms with Gasteiger partial charge in [-0.15, -0.1) is 0 Å². The van der Waals surface area contributed by atoms with E-state index in [9.17, 15) is 20.1 Å². The molecular formula is C20H25NO6. The number of benzene rings is 2. The number of aliphatic hydroxyl groups excluding tert-OH is 1. The Morgan fingerprint density at radius 3 is 2.37 bits per heavy atom. The van der Waals surface area contributed by atoms with E-state index in [4.69, 9.17) is 9.47 Å². The molecule has 2 aromatic carbocycles. The number of phenols is 1. The highest BCUT2D eigenvalue weighted by molar-refractivity contribution is 5.77. The molecule has 0 aliphatic carbocycles. The summed E-state index contributed by atoms with van der Waals surface area (Å²) in [4.78, 5) is 11.9. The van der Waals surface area contributed by atoms with Crippen LogP contribution in [0, 0.1) is 0 Å². The lowest BCUT2D eigenvalue weighted by Gasteiger charge is -2.32. The van der Waals surface area contributed by atoms with Crippen LogP contribution in [-0.2, 0) is 4.79 Å². The lowest BCUT2D eigenvalue weighted by molar-refractivity contribution is -0.160. The number of carboxylic acid groups (broad SMARTS) is 1. The van der Waals surface area contributed by atoms with Crippen molar-refractivity contribution in [2.24, 2.45) is 0 Å². The van der Waals surface area contributed by atoms with Gasteiger partial charge in [0.15, 0.2) is 0 Å². The SMILES string of the molecule is CCCC(NCC(O)COc1ccc(O)cc1)(Oc1ccccc1)C(=O)O. The van der Waals surface area contributed by atoms with Crippen LogP contribution in [0.1, 0.15) is 19.8 Å². The number of carbonyl (C=O) groups is 1. The van der Waals surface area contributed by atoms with Crippen LogP contribution in [0.4, 0.5) is 0 Å². The third kappa shape index (κ3) is 6.16. The molecule has 0 fully saturated rings. The zero-order valence-corrected chi connectivity index (χ0v) is 15.2. The summed E-state index contributed by atoms with van der Waals surface area (Å²) in [7, 11) is 0. The largest absolute Gasteiger partial charge is 0.508 e. The Bertz CT molecular complexity index is 706. The molecule has 0 saturated heterocycles. The average molecular weight is 375 g/mol. The lowest BCUT2D eigenvalue weighted by Crippen LogP contribution is -2.58. The van der Waals surface area contributed by atoms with Crippen molar-refractivity contribution < 1.29 is 29.6 Å². The van der Waals surface area contributed by atoms with E-state index in [0.29, 0.717) is 17.9 Å². The minimum absolute atomic E-state index is 0.0305. The number of aromatic hydroxyl groups is 1. The van der Waals surface area contributed by atoms with Gasteiger partial charge in [0.05, 0.1) is 0 Å². The van der Waals surface area contributed by atoms with E-state index in [-0.39, 0.29) is 25.3 Å². The van der Waals surface area contributed by atoms with Crippen molar-refractivity contribution in [3.8, 4) is 17.2 Å². The van der Waals surface area contributed by atoms with E-state index in [1.54, 1.807) is 36.4 Å². The number of aliphatic hydroxyl groups is 1. The van der Waals surface area contributed by atoms with Gasteiger partial charge < -0.3 is 24.8 Å². The van der Waals surface area contributed by atoms with Gasteiger partial charge in [-0.1, -0.05) is 31.5 Å². The first-order chi connectivity index (χ1) is 12.9. The summed E-state index contributed by atoms with van der Waals surface area (Å²) in [5, 5.41) is 32.0.